The molecule has 1 N–H and O–H groups in total. The minimum atomic E-state index is -4.94. The van der Waals surface area contributed by atoms with Crippen molar-refractivity contribution in [2.45, 2.75) is 39.5 Å². The van der Waals surface area contributed by atoms with Gasteiger partial charge in [0.2, 0.25) is 0 Å². The summed E-state index contributed by atoms with van der Waals surface area (Å²) in [5.41, 5.74) is -1.01. The molecule has 0 rings (SSSR count). The number of halogens is 3. The zero-order valence-corrected chi connectivity index (χ0v) is 10.1. The van der Waals surface area contributed by atoms with Crippen molar-refractivity contribution in [3.63, 3.8) is 0 Å². The van der Waals surface area contributed by atoms with E-state index in [-0.39, 0.29) is 0 Å². The van der Waals surface area contributed by atoms with E-state index in [9.17, 15) is 18.0 Å². The van der Waals surface area contributed by atoms with Gasteiger partial charge in [-0.1, -0.05) is 6.92 Å². The van der Waals surface area contributed by atoms with Crippen LogP contribution in [0, 0.1) is 5.41 Å². The summed E-state index contributed by atoms with van der Waals surface area (Å²) in [6.07, 6.45) is 0.341. The van der Waals surface area contributed by atoms with Crippen LogP contribution < -0.4 is 0 Å². The smallest absolute Gasteiger partial charge is 0.488 e. The lowest BCUT2D eigenvalue weighted by molar-refractivity contribution is -0.153. The zero-order chi connectivity index (χ0) is 12.5. The largest absolute Gasteiger partial charge is 0.512 e. The Morgan fingerprint density at radius 1 is 1.40 bits per heavy atom. The monoisotopic (exact) mass is 244 g/mol. The second-order valence-corrected chi connectivity index (χ2v) is 6.84. The second-order valence-electron chi connectivity index (χ2n) is 4.11. The van der Waals surface area contributed by atoms with Crippen molar-refractivity contribution in [1.29, 1.82) is 0 Å². The highest BCUT2D eigenvalue weighted by atomic mass is 28.4. The van der Waals surface area contributed by atoms with Crippen LogP contribution in [0.2, 0.25) is 6.55 Å². The molecule has 3 nitrogen and oxygen atoms in total. The van der Waals surface area contributed by atoms with Crippen molar-refractivity contribution in [1.82, 2.24) is 0 Å². The molecule has 0 heterocycles. The number of carbonyl (C=O) groups excluding carboxylic acids is 1. The molecule has 0 spiro atoms. The van der Waals surface area contributed by atoms with Crippen molar-refractivity contribution in [3.05, 3.63) is 0 Å². The molecule has 0 aromatic heterocycles. The molecule has 0 amide bonds. The first-order valence-electron chi connectivity index (χ1n) is 4.46. The van der Waals surface area contributed by atoms with Gasteiger partial charge in [-0.15, -0.1) is 0 Å². The zero-order valence-electron chi connectivity index (χ0n) is 9.10. The number of carbonyl (C=O) groups is 1. The van der Waals surface area contributed by atoms with Gasteiger partial charge in [-0.3, -0.25) is 4.79 Å². The van der Waals surface area contributed by atoms with Crippen molar-refractivity contribution in [3.8, 4) is 0 Å². The average molecular weight is 244 g/mol. The van der Waals surface area contributed by atoms with E-state index in [1.807, 2.05) is 0 Å². The van der Waals surface area contributed by atoms with Gasteiger partial charge in [-0.05, 0) is 26.8 Å². The maximum Gasteiger partial charge on any atom is 0.512 e. The van der Waals surface area contributed by atoms with Gasteiger partial charge < -0.3 is 9.22 Å². The normalized spacial score (nSPS) is 17.1. The fourth-order valence-electron chi connectivity index (χ4n) is 0.521. The lowest BCUT2D eigenvalue weighted by atomic mass is 9.91. The number of hydrogen-bond acceptors (Lipinski definition) is 3. The third-order valence-electron chi connectivity index (χ3n) is 2.25. The van der Waals surface area contributed by atoms with Crippen LogP contribution in [0.4, 0.5) is 13.2 Å². The van der Waals surface area contributed by atoms with Crippen molar-refractivity contribution >= 4 is 14.5 Å². The van der Waals surface area contributed by atoms with E-state index < -0.39 is 25.7 Å². The van der Waals surface area contributed by atoms with E-state index in [0.29, 0.717) is 13.0 Å². The Labute approximate surface area is 87.5 Å². The molecule has 0 bridgehead atoms. The van der Waals surface area contributed by atoms with Gasteiger partial charge in [-0.2, -0.15) is 13.2 Å². The topological polar surface area (TPSA) is 46.5 Å². The highest BCUT2D eigenvalue weighted by Crippen LogP contribution is 2.30. The third-order valence-corrected chi connectivity index (χ3v) is 3.89. The molecular weight excluding hydrogens is 229 g/mol. The van der Waals surface area contributed by atoms with E-state index in [0.717, 1.165) is 0 Å². The number of alkyl halides is 3. The Hall–Kier alpha value is -0.563. The maximum atomic E-state index is 12.2. The highest BCUT2D eigenvalue weighted by Gasteiger charge is 2.60. The third kappa shape index (κ3) is 3.49. The van der Waals surface area contributed by atoms with Crippen LogP contribution in [0.1, 0.15) is 27.2 Å². The van der Waals surface area contributed by atoms with Crippen molar-refractivity contribution < 1.29 is 27.2 Å². The number of hydrogen-bond donors (Lipinski definition) is 1. The summed E-state index contributed by atoms with van der Waals surface area (Å²) in [4.78, 5) is 20.4. The molecule has 0 fully saturated rings. The lowest BCUT2D eigenvalue weighted by Crippen LogP contribution is -2.53. The van der Waals surface area contributed by atoms with Crippen molar-refractivity contribution in [2.24, 2.45) is 5.41 Å². The van der Waals surface area contributed by atoms with Gasteiger partial charge >= 0.3 is 14.4 Å². The van der Waals surface area contributed by atoms with Gasteiger partial charge in [0.1, 0.15) is 0 Å². The Kier molecular flexibility index (Phi) is 3.97. The van der Waals surface area contributed by atoms with Crippen LogP contribution in [0.5, 0.6) is 0 Å². The van der Waals surface area contributed by atoms with Crippen LogP contribution in [0.3, 0.4) is 0 Å². The van der Waals surface area contributed by atoms with Gasteiger partial charge in [0.25, 0.3) is 5.97 Å². The fraction of sp³-hybridized carbons (Fsp3) is 0.875. The minimum absolute atomic E-state index is 0.341. The SMILES string of the molecule is CCC(C)(C)C(=O)O[Si](C)(O)C(F)(F)F. The van der Waals surface area contributed by atoms with E-state index >= 15 is 0 Å². The molecule has 0 aliphatic heterocycles. The molecule has 1 atom stereocenters. The summed E-state index contributed by atoms with van der Waals surface area (Å²) in [5, 5.41) is 0. The maximum absolute atomic E-state index is 12.2. The predicted molar refractivity (Wildman–Crippen MR) is 50.1 cm³/mol. The van der Waals surface area contributed by atoms with E-state index in [4.69, 9.17) is 4.80 Å². The average Bonchev–Trinajstić information content (AvgIpc) is 2.01. The van der Waals surface area contributed by atoms with Gasteiger partial charge in [-0.25, -0.2) is 0 Å². The van der Waals surface area contributed by atoms with Crippen LogP contribution >= 0.6 is 0 Å². The first-order valence-corrected chi connectivity index (χ1v) is 6.82. The summed E-state index contributed by atoms with van der Waals surface area (Å²) in [6, 6.07) is 0. The molecule has 7 heteroatoms. The van der Waals surface area contributed by atoms with Gasteiger partial charge in [0.15, 0.2) is 0 Å². The van der Waals surface area contributed by atoms with E-state index in [1.54, 1.807) is 6.92 Å². The number of rotatable bonds is 3. The van der Waals surface area contributed by atoms with Crippen LogP contribution in [0.25, 0.3) is 0 Å². The quantitative estimate of drug-likeness (QED) is 0.774. The molecule has 0 aliphatic carbocycles. The molecule has 90 valence electrons. The summed E-state index contributed by atoms with van der Waals surface area (Å²) >= 11 is 0. The van der Waals surface area contributed by atoms with E-state index in [2.05, 4.69) is 4.43 Å². The summed E-state index contributed by atoms with van der Waals surface area (Å²) in [6.45, 7) is 5.13. The van der Waals surface area contributed by atoms with Crippen LogP contribution in [0.15, 0.2) is 0 Å². The Bertz CT molecular complexity index is 248. The van der Waals surface area contributed by atoms with Gasteiger partial charge in [0.05, 0.1) is 5.41 Å². The molecule has 0 saturated heterocycles. The predicted octanol–water partition coefficient (Wildman–Crippen LogP) is 2.13. The summed E-state index contributed by atoms with van der Waals surface area (Å²) in [5.74, 6) is -5.87. The minimum Gasteiger partial charge on any atom is -0.488 e. The van der Waals surface area contributed by atoms with Crippen molar-refractivity contribution in [2.75, 3.05) is 0 Å². The standard InChI is InChI=1S/C8H15F3O3Si/c1-5-7(2,3)6(12)14-15(4,13)8(9,10)11/h13H,5H2,1-4H3. The first-order chi connectivity index (χ1) is 6.44. The summed E-state index contributed by atoms with van der Waals surface area (Å²) in [7, 11) is -4.94. The van der Waals surface area contributed by atoms with E-state index in [1.165, 1.54) is 13.8 Å². The first kappa shape index (κ1) is 14.4. The molecule has 0 aromatic carbocycles. The molecular formula is C8H15F3O3Si. The molecule has 15 heavy (non-hydrogen) atoms. The Balaban J connectivity index is 4.70. The molecule has 0 aromatic rings. The molecule has 0 aliphatic rings. The Morgan fingerprint density at radius 3 is 2.07 bits per heavy atom. The Morgan fingerprint density at radius 2 is 1.80 bits per heavy atom. The second kappa shape index (κ2) is 4.13. The van der Waals surface area contributed by atoms with Crippen LogP contribution in [-0.2, 0) is 9.22 Å². The molecule has 0 saturated carbocycles. The summed E-state index contributed by atoms with van der Waals surface area (Å²) < 4.78 is 40.8. The fourth-order valence-corrected chi connectivity index (χ4v) is 1.27. The van der Waals surface area contributed by atoms with Crippen LogP contribution in [-0.4, -0.2) is 25.1 Å². The molecule has 0 radical (unpaired) electrons. The highest BCUT2D eigenvalue weighted by molar-refractivity contribution is 6.68. The molecule has 1 unspecified atom stereocenters. The van der Waals surface area contributed by atoms with Gasteiger partial charge in [0, 0.05) is 0 Å². The lowest BCUT2D eigenvalue weighted by Gasteiger charge is -2.28.